The van der Waals surface area contributed by atoms with Crippen LogP contribution in [0.2, 0.25) is 0 Å². The molecule has 724 valence electrons. The maximum Gasteiger partial charge on any atom is 0.488 e. The number of nitrogens with zero attached hydrogens (tertiary/aromatic N) is 11. The third kappa shape index (κ3) is 21.4. The summed E-state index contributed by atoms with van der Waals surface area (Å²) in [6.07, 6.45) is 3.56. The van der Waals surface area contributed by atoms with Gasteiger partial charge in [-0.1, -0.05) is 447 Å². The quantitative estimate of drug-likeness (QED) is 0.0661. The Morgan fingerprint density at radius 2 is 0.400 bits per heavy atom. The Labute approximate surface area is 898 Å². The van der Waals surface area contributed by atoms with Gasteiger partial charge in [0.1, 0.15) is 0 Å². The predicted molar refractivity (Wildman–Crippen MR) is 620 cm³/mol. The van der Waals surface area contributed by atoms with Gasteiger partial charge in [-0.25, -0.2) is 44.9 Å². The van der Waals surface area contributed by atoms with Crippen LogP contribution >= 0.6 is 47.8 Å². The third-order valence-corrected chi connectivity index (χ3v) is 29.0. The molecular formula is C130H98B2Br3N11O4. The molecule has 0 unspecified atom stereocenters. The maximum atomic E-state index is 9.30. The molecule has 0 bridgehead atoms. The first kappa shape index (κ1) is 99.5. The number of aromatic nitrogens is 11. The predicted octanol–water partition coefficient (Wildman–Crippen LogP) is 29.7. The molecule has 4 N–H and O–H groups in total. The molecule has 0 fully saturated rings. The highest BCUT2D eigenvalue weighted by atomic mass is 79.9. The minimum Gasteiger partial charge on any atom is -0.423 e. The molecule has 150 heavy (non-hydrogen) atoms. The Balaban J connectivity index is 0.000000117. The van der Waals surface area contributed by atoms with E-state index in [1.54, 1.807) is 24.4 Å². The second kappa shape index (κ2) is 43.5. The number of benzene rings is 17. The molecule has 0 atom stereocenters. The van der Waals surface area contributed by atoms with Crippen LogP contribution in [0.4, 0.5) is 0 Å². The van der Waals surface area contributed by atoms with E-state index in [-0.39, 0.29) is 16.2 Å². The van der Waals surface area contributed by atoms with Gasteiger partial charge in [-0.05, 0) is 202 Å². The van der Waals surface area contributed by atoms with Crippen molar-refractivity contribution in [2.45, 2.75) is 57.8 Å². The molecule has 0 radical (unpaired) electrons. The van der Waals surface area contributed by atoms with Crippen LogP contribution in [0.1, 0.15) is 74.9 Å². The molecule has 0 saturated heterocycles. The second-order valence-electron chi connectivity index (χ2n) is 38.5. The van der Waals surface area contributed by atoms with Crippen molar-refractivity contribution in [1.82, 2.24) is 54.8 Å². The lowest BCUT2D eigenvalue weighted by Crippen LogP contribution is -2.31. The van der Waals surface area contributed by atoms with E-state index < -0.39 is 14.2 Å². The molecule has 0 spiro atoms. The van der Waals surface area contributed by atoms with Gasteiger partial charge < -0.3 is 20.1 Å². The molecule has 25 rings (SSSR count). The van der Waals surface area contributed by atoms with Crippen LogP contribution in [0.3, 0.4) is 0 Å². The smallest absolute Gasteiger partial charge is 0.423 e. The summed E-state index contributed by atoms with van der Waals surface area (Å²) in [6.45, 7) is 13.6. The minimum absolute atomic E-state index is 0.0554. The zero-order valence-corrected chi connectivity index (χ0v) is 87.6. The topological polar surface area (TPSA) is 223 Å². The summed E-state index contributed by atoms with van der Waals surface area (Å²) in [6, 6.07) is 152. The molecule has 0 amide bonds. The van der Waals surface area contributed by atoms with Gasteiger partial charge in [0.25, 0.3) is 0 Å². The molecule has 3 aliphatic rings. The molecule has 0 aliphatic heterocycles. The lowest BCUT2D eigenvalue weighted by Gasteiger charge is -2.22. The van der Waals surface area contributed by atoms with Crippen molar-refractivity contribution in [2.75, 3.05) is 0 Å². The van der Waals surface area contributed by atoms with E-state index in [2.05, 4.69) is 257 Å². The summed E-state index contributed by atoms with van der Waals surface area (Å²) < 4.78 is 2.90. The fourth-order valence-corrected chi connectivity index (χ4v) is 21.6. The molecule has 15 nitrogen and oxygen atoms in total. The van der Waals surface area contributed by atoms with Gasteiger partial charge in [-0.2, -0.15) is 0 Å². The van der Waals surface area contributed by atoms with E-state index >= 15 is 0 Å². The lowest BCUT2D eigenvalue weighted by atomic mass is 9.75. The Bertz CT molecular complexity index is 8480. The number of pyridine rings is 2. The molecular weight excluding hydrogens is 2040 g/mol. The number of rotatable bonds is 16. The van der Waals surface area contributed by atoms with Crippen LogP contribution in [0.15, 0.2) is 475 Å². The standard InChI is InChI=1S/C47H34N4.C36H26BrN3.C21H13Br2N3.C15H15BO2.C11H10BNO2/c1-47(2)41-18-10-9-17-39(41)40-25-24-35(30-42(40)47)37-27-36(31-20-22-32(23-21-31)43-19-11-12-26-48-43)28-38(29-37)46-50-44(33-13-5-3-6-14-33)49-45(51-46)34-15-7-4-8-16-34;1-36(2)31-16-10-9-15-29(31)30-18-17-25(22-32(30)36)26-19-27(21-28(37)20-26)35-39-33(23-11-5-3-6-12-23)38-34(40-35)24-13-7-4-8-14-24;22-17-11-16(12-18(23)13-17)21-25-19(14-7-3-1-4-8-14)24-20(26-21)15-9-5-2-6-10-15;1-15(2)13-6-4-3-5-11(13)12-8-7-10(16(17)18)9-14(12)15;14-12(15)10-6-4-9(5-7-10)11-3-1-2-8-13-11/h3-30H,1-2H3;3-22H,1-2H3;1-13H;3-9,17-18H,1-2H3;1-8,14-15H. The number of halogens is 3. The van der Waals surface area contributed by atoms with Crippen molar-refractivity contribution < 1.29 is 20.1 Å². The van der Waals surface area contributed by atoms with E-state index in [1.165, 1.54) is 66.8 Å². The lowest BCUT2D eigenvalue weighted by molar-refractivity contribution is 0.424. The molecule has 22 aromatic rings. The van der Waals surface area contributed by atoms with Crippen LogP contribution < -0.4 is 10.9 Å². The molecule has 20 heteroatoms. The van der Waals surface area contributed by atoms with Crippen LogP contribution in [0.5, 0.6) is 0 Å². The number of hydrogen-bond donors (Lipinski definition) is 4. The first-order chi connectivity index (χ1) is 73.0. The summed E-state index contributed by atoms with van der Waals surface area (Å²) in [5.41, 5.74) is 35.5. The molecule has 5 aromatic heterocycles. The van der Waals surface area contributed by atoms with E-state index in [9.17, 15) is 10.0 Å². The van der Waals surface area contributed by atoms with Gasteiger partial charge in [0.05, 0.1) is 11.4 Å². The molecule has 5 heterocycles. The van der Waals surface area contributed by atoms with E-state index in [1.807, 2.05) is 279 Å². The maximum absolute atomic E-state index is 9.30. The van der Waals surface area contributed by atoms with Crippen molar-refractivity contribution in [3.8, 4) is 192 Å². The largest absolute Gasteiger partial charge is 0.488 e. The van der Waals surface area contributed by atoms with Gasteiger partial charge in [-0.3, -0.25) is 9.97 Å². The van der Waals surface area contributed by atoms with Crippen molar-refractivity contribution in [3.63, 3.8) is 0 Å². The van der Waals surface area contributed by atoms with Gasteiger partial charge in [0.2, 0.25) is 0 Å². The normalized spacial score (nSPS) is 12.5. The summed E-state index contributed by atoms with van der Waals surface area (Å²) in [5.74, 6) is 5.82. The Hall–Kier alpha value is -16.5. The molecule has 0 saturated carbocycles. The minimum atomic E-state index is -1.41. The van der Waals surface area contributed by atoms with Gasteiger partial charge in [-0.15, -0.1) is 0 Å². The third-order valence-electron chi connectivity index (χ3n) is 27.7. The molecule has 3 aliphatic carbocycles. The van der Waals surface area contributed by atoms with E-state index in [0.717, 1.165) is 119 Å². The Morgan fingerprint density at radius 1 is 0.173 bits per heavy atom. The zero-order chi connectivity index (χ0) is 103. The van der Waals surface area contributed by atoms with E-state index in [0.29, 0.717) is 63.3 Å². The SMILES string of the molecule is Brc1cc(Br)cc(-c2nc(-c3ccccc3)nc(-c3ccccc3)n2)c1.CC1(C)c2ccccc2-c2ccc(-c3cc(-c4ccc(-c5ccccn5)cc4)cc(-c4nc(-c5ccccc5)nc(-c5ccccc5)n4)c3)cc21.CC1(C)c2ccccc2-c2ccc(-c3cc(Br)cc(-c4nc(-c5ccccc5)nc(-c5ccccc5)n4)c3)cc21.CC1(C)c2ccccc2-c2ccc(B(O)O)cc21.OB(O)c1ccc(-c2ccccn2)cc1. The Morgan fingerprint density at radius 3 is 0.727 bits per heavy atom. The highest BCUT2D eigenvalue weighted by molar-refractivity contribution is 9.11. The fourth-order valence-electron chi connectivity index (χ4n) is 19.8. The van der Waals surface area contributed by atoms with Crippen LogP contribution in [0, 0.1) is 0 Å². The molecule has 17 aromatic carbocycles. The van der Waals surface area contributed by atoms with Crippen molar-refractivity contribution in [1.29, 1.82) is 0 Å². The van der Waals surface area contributed by atoms with Crippen LogP contribution in [0.25, 0.3) is 192 Å². The van der Waals surface area contributed by atoms with Crippen LogP contribution in [-0.4, -0.2) is 89.2 Å². The van der Waals surface area contributed by atoms with Gasteiger partial charge in [0, 0.05) is 103 Å². The first-order valence-corrected chi connectivity index (χ1v) is 51.9. The van der Waals surface area contributed by atoms with Gasteiger partial charge >= 0.3 is 14.2 Å². The van der Waals surface area contributed by atoms with Crippen molar-refractivity contribution >= 4 is 73.0 Å². The average Bonchev–Trinajstić information content (AvgIpc) is 1.59. The van der Waals surface area contributed by atoms with Crippen LogP contribution in [-0.2, 0) is 16.2 Å². The van der Waals surface area contributed by atoms with E-state index in [4.69, 9.17) is 54.9 Å². The van der Waals surface area contributed by atoms with Gasteiger partial charge in [0.15, 0.2) is 52.4 Å². The number of hydrogen-bond acceptors (Lipinski definition) is 15. The second-order valence-corrected chi connectivity index (χ2v) is 41.3. The summed E-state index contributed by atoms with van der Waals surface area (Å²) in [5, 5.41) is 36.4. The zero-order valence-electron chi connectivity index (χ0n) is 82.9. The van der Waals surface area contributed by atoms with Crippen molar-refractivity contribution in [2.24, 2.45) is 0 Å². The Kier molecular flexibility index (Phi) is 28.8. The highest BCUT2D eigenvalue weighted by Crippen LogP contribution is 2.53. The summed E-state index contributed by atoms with van der Waals surface area (Å²) in [4.78, 5) is 52.8. The fraction of sp³-hybridized carbons (Fsp3) is 0.0692. The van der Waals surface area contributed by atoms with Crippen molar-refractivity contribution in [3.05, 3.63) is 508 Å². The monoisotopic (exact) mass is 2140 g/mol. The average molecular weight is 2140 g/mol. The number of fused-ring (bicyclic) bond motifs is 9. The highest BCUT2D eigenvalue weighted by Gasteiger charge is 2.39. The summed E-state index contributed by atoms with van der Waals surface area (Å²) in [7, 11) is -2.82. The summed E-state index contributed by atoms with van der Waals surface area (Å²) >= 11 is 10.8. The first-order valence-electron chi connectivity index (χ1n) is 49.5.